The molecule has 0 radical (unpaired) electrons. The molecule has 0 aromatic heterocycles. The molecule has 0 atom stereocenters. The zero-order valence-corrected chi connectivity index (χ0v) is 14.2. The molecular weight excluding hydrogens is 386 g/mol. The van der Waals surface area contributed by atoms with E-state index in [1.54, 1.807) is 0 Å². The van der Waals surface area contributed by atoms with Crippen molar-refractivity contribution in [3.63, 3.8) is 0 Å². The van der Waals surface area contributed by atoms with Crippen LogP contribution in [0, 0.1) is 0 Å². The van der Waals surface area contributed by atoms with Crippen molar-refractivity contribution in [1.29, 1.82) is 0 Å². The molecule has 0 aliphatic rings. The van der Waals surface area contributed by atoms with Gasteiger partial charge in [0.2, 0.25) is 0 Å². The molecular formula is C18H15N3Te. The van der Waals surface area contributed by atoms with E-state index >= 15 is 0 Å². The third kappa shape index (κ3) is 4.38. The zero-order chi connectivity index (χ0) is 15.6. The van der Waals surface area contributed by atoms with Gasteiger partial charge in [0, 0.05) is 0 Å². The van der Waals surface area contributed by atoms with Gasteiger partial charge < -0.3 is 11.1 Å². The van der Waals surface area contributed by atoms with Crippen molar-refractivity contribution in [3.05, 3.63) is 107 Å². The molecule has 0 aliphatic carbocycles. The van der Waals surface area contributed by atoms with Crippen molar-refractivity contribution in [2.45, 2.75) is 0 Å². The molecule has 0 aliphatic heterocycles. The summed E-state index contributed by atoms with van der Waals surface area (Å²) >= 11 is -1.67. The van der Waals surface area contributed by atoms with Crippen LogP contribution in [0.3, 0.4) is 0 Å². The van der Waals surface area contributed by atoms with Gasteiger partial charge in [-0.25, -0.2) is 0 Å². The average molecular weight is 401 g/mol. The van der Waals surface area contributed by atoms with Gasteiger partial charge in [-0.05, 0) is 0 Å². The summed E-state index contributed by atoms with van der Waals surface area (Å²) in [6.45, 7) is 0. The standard InChI is InChI=1S/C18H15Te.N3/c1-4-10-16(11-5-1)19(17-12-6-2-7-13-17)18-14-8-3-9-15-18;1-3-2/h1-15H;/q+1;-1. The van der Waals surface area contributed by atoms with E-state index in [1.807, 2.05) is 0 Å². The van der Waals surface area contributed by atoms with Crippen molar-refractivity contribution in [1.82, 2.24) is 0 Å². The quantitative estimate of drug-likeness (QED) is 0.281. The first-order valence-corrected chi connectivity index (χ1v) is 10.2. The fourth-order valence-corrected chi connectivity index (χ4v) is 8.08. The molecule has 3 nitrogen and oxygen atoms in total. The van der Waals surface area contributed by atoms with Crippen LogP contribution in [0.1, 0.15) is 0 Å². The van der Waals surface area contributed by atoms with Gasteiger partial charge in [-0.2, -0.15) is 0 Å². The molecule has 0 heterocycles. The molecule has 0 N–H and O–H groups in total. The minimum absolute atomic E-state index is 1.50. The second-order valence-electron chi connectivity index (χ2n) is 4.33. The molecule has 3 aromatic rings. The Morgan fingerprint density at radius 3 is 0.955 bits per heavy atom. The Kier molecular flexibility index (Phi) is 6.54. The van der Waals surface area contributed by atoms with Crippen LogP contribution in [0.2, 0.25) is 0 Å². The Morgan fingerprint density at radius 1 is 0.500 bits per heavy atom. The van der Waals surface area contributed by atoms with Crippen molar-refractivity contribution < 1.29 is 0 Å². The maximum absolute atomic E-state index is 6.75. The van der Waals surface area contributed by atoms with Gasteiger partial charge >= 0.3 is 121 Å². The van der Waals surface area contributed by atoms with E-state index in [2.05, 4.69) is 91.0 Å². The summed E-state index contributed by atoms with van der Waals surface area (Å²) in [6, 6.07) is 32.8. The van der Waals surface area contributed by atoms with Crippen LogP contribution in [-0.2, 0) is 0 Å². The van der Waals surface area contributed by atoms with E-state index in [0.29, 0.717) is 0 Å². The van der Waals surface area contributed by atoms with E-state index in [-0.39, 0.29) is 0 Å². The third-order valence-electron chi connectivity index (χ3n) is 2.94. The molecule has 0 spiro atoms. The van der Waals surface area contributed by atoms with Crippen molar-refractivity contribution in [2.24, 2.45) is 0 Å². The van der Waals surface area contributed by atoms with Crippen LogP contribution in [0.15, 0.2) is 91.0 Å². The Bertz CT molecular complexity index is 615. The fraction of sp³-hybridized carbons (Fsp3) is 0. The summed E-state index contributed by atoms with van der Waals surface area (Å²) < 4.78 is 4.51. The Balaban J connectivity index is 0.000000545. The second-order valence-corrected chi connectivity index (χ2v) is 10.1. The van der Waals surface area contributed by atoms with E-state index in [4.69, 9.17) is 11.1 Å². The number of hydrogen-bond donors (Lipinski definition) is 0. The van der Waals surface area contributed by atoms with Crippen molar-refractivity contribution in [2.75, 3.05) is 0 Å². The molecule has 22 heavy (non-hydrogen) atoms. The molecule has 0 amide bonds. The maximum atomic E-state index is 6.75. The minimum atomic E-state index is -1.67. The normalized spacial score (nSPS) is 9.50. The monoisotopic (exact) mass is 403 g/mol. The van der Waals surface area contributed by atoms with Crippen LogP contribution < -0.4 is 10.8 Å². The van der Waals surface area contributed by atoms with E-state index < -0.39 is 19.6 Å². The molecule has 0 saturated carbocycles. The van der Waals surface area contributed by atoms with E-state index in [1.165, 1.54) is 15.7 Å². The van der Waals surface area contributed by atoms with Gasteiger partial charge in [-0.1, -0.05) is 0 Å². The fourth-order valence-electron chi connectivity index (χ4n) is 2.08. The summed E-state index contributed by atoms with van der Waals surface area (Å²) in [7, 11) is 0. The van der Waals surface area contributed by atoms with Crippen LogP contribution in [-0.4, -0.2) is 19.6 Å². The van der Waals surface area contributed by atoms with Crippen LogP contribution in [0.4, 0.5) is 0 Å². The number of nitrogens with zero attached hydrogens (tertiary/aromatic N) is 3. The third-order valence-corrected chi connectivity index (χ3v) is 9.30. The van der Waals surface area contributed by atoms with Crippen LogP contribution in [0.25, 0.3) is 16.0 Å². The van der Waals surface area contributed by atoms with Crippen LogP contribution >= 0.6 is 0 Å². The van der Waals surface area contributed by atoms with E-state index in [9.17, 15) is 0 Å². The molecule has 3 aromatic carbocycles. The first kappa shape index (κ1) is 16.1. The molecule has 0 unspecified atom stereocenters. The van der Waals surface area contributed by atoms with Gasteiger partial charge in [0.15, 0.2) is 0 Å². The van der Waals surface area contributed by atoms with E-state index in [0.717, 1.165) is 0 Å². The van der Waals surface area contributed by atoms with Gasteiger partial charge in [-0.15, -0.1) is 0 Å². The van der Waals surface area contributed by atoms with Gasteiger partial charge in [-0.3, -0.25) is 4.91 Å². The predicted octanol–water partition coefficient (Wildman–Crippen LogP) is 3.07. The summed E-state index contributed by atoms with van der Waals surface area (Å²) in [5.41, 5.74) is 13.5. The molecule has 0 bridgehead atoms. The van der Waals surface area contributed by atoms with Gasteiger partial charge in [0.05, 0.1) is 0 Å². The molecule has 108 valence electrons. The van der Waals surface area contributed by atoms with Gasteiger partial charge in [0.25, 0.3) is 0 Å². The Morgan fingerprint density at radius 2 is 0.727 bits per heavy atom. The Labute approximate surface area is 137 Å². The number of benzene rings is 3. The van der Waals surface area contributed by atoms with Crippen molar-refractivity contribution in [3.8, 4) is 0 Å². The van der Waals surface area contributed by atoms with Gasteiger partial charge in [0.1, 0.15) is 0 Å². The first-order valence-electron chi connectivity index (χ1n) is 6.74. The summed E-state index contributed by atoms with van der Waals surface area (Å²) in [5.74, 6) is 0. The molecule has 4 heteroatoms. The molecule has 0 fully saturated rings. The zero-order valence-electron chi connectivity index (χ0n) is 11.9. The summed E-state index contributed by atoms with van der Waals surface area (Å²) in [6.07, 6.45) is 0. The predicted molar refractivity (Wildman–Crippen MR) is 94.1 cm³/mol. The number of hydrogen-bond acceptors (Lipinski definition) is 0. The molecule has 0 saturated heterocycles. The number of rotatable bonds is 3. The topological polar surface area (TPSA) is 58.7 Å². The summed E-state index contributed by atoms with van der Waals surface area (Å²) in [4.78, 5) is 1.50. The average Bonchev–Trinajstić information content (AvgIpc) is 2.59. The summed E-state index contributed by atoms with van der Waals surface area (Å²) in [5, 5.41) is 0. The second kappa shape index (κ2) is 8.92. The Hall–Kier alpha value is -2.24. The van der Waals surface area contributed by atoms with Crippen LogP contribution in [0.5, 0.6) is 0 Å². The van der Waals surface area contributed by atoms with Crippen molar-refractivity contribution >= 4 is 30.4 Å². The first-order chi connectivity index (χ1) is 10.9. The molecule has 3 rings (SSSR count). The SMILES string of the molecule is [N-]=[N+]=[N-].c1ccc([Te+](c2ccccc2)c2ccccc2)cc1.